The first-order valence-electron chi connectivity index (χ1n) is 20.2. The van der Waals surface area contributed by atoms with Crippen molar-refractivity contribution < 1.29 is 68.0 Å². The summed E-state index contributed by atoms with van der Waals surface area (Å²) in [5.41, 5.74) is -1.48. The molecule has 1 unspecified atom stereocenters. The number of unbranched alkanes of at least 4 members (excludes halogenated alkanes) is 2. The van der Waals surface area contributed by atoms with Gasteiger partial charge in [0.25, 0.3) is 0 Å². The Morgan fingerprint density at radius 3 is 2.36 bits per heavy atom. The maximum atomic E-state index is 12.9. The standard InChI is InChI=1S/C41H69NO14/c1-10-11-13-18-31(46)54-39-27(5)52-33(23-41(39,6)49)55-36-26(4)53-40(35(48)34(36)42(7)8)56-37-28(19-20-43)21-24(2)29(44)17-15-12-14-16-25(3)51-32(47)22-30(45)38(37)50-9/h12,14-15,17,20,24-30,33-40,44-45,48-49H,10-11,13,16,18-19,21-23H2,1-9H3/b14-12+,17-15+/t24-,25-,26-,27+,28+,29+,30+,33+,34-,35-,36-,37+,38+,39+,40?,41-/m1/s1. The maximum absolute atomic E-state index is 12.9. The van der Waals surface area contributed by atoms with Crippen LogP contribution in [0.4, 0.5) is 0 Å². The molecule has 3 aliphatic rings. The minimum absolute atomic E-state index is 0.0246. The zero-order valence-corrected chi connectivity index (χ0v) is 34.7. The number of ether oxygens (including phenoxy) is 7. The average molecular weight is 800 g/mol. The van der Waals surface area contributed by atoms with Gasteiger partial charge < -0.3 is 63.3 Å². The zero-order chi connectivity index (χ0) is 41.7. The number of methoxy groups -OCH3 is 1. The van der Waals surface area contributed by atoms with Gasteiger partial charge in [-0.15, -0.1) is 0 Å². The molecule has 0 spiro atoms. The molecule has 0 radical (unpaired) electrons. The number of likely N-dealkylation sites (N-methyl/N-ethyl adjacent to an activating group) is 1. The van der Waals surface area contributed by atoms with Crippen molar-refractivity contribution in [1.29, 1.82) is 0 Å². The minimum atomic E-state index is -1.48. The highest BCUT2D eigenvalue weighted by Crippen LogP contribution is 2.37. The summed E-state index contributed by atoms with van der Waals surface area (Å²) >= 11 is 0. The van der Waals surface area contributed by atoms with Gasteiger partial charge in [-0.25, -0.2) is 0 Å². The molecule has 15 heteroatoms. The lowest BCUT2D eigenvalue weighted by Gasteiger charge is -2.50. The number of allylic oxidation sites excluding steroid dienone is 2. The van der Waals surface area contributed by atoms with E-state index in [0.29, 0.717) is 12.8 Å². The quantitative estimate of drug-likeness (QED) is 0.120. The first-order chi connectivity index (χ1) is 26.4. The van der Waals surface area contributed by atoms with E-state index < -0.39 is 110 Å². The highest BCUT2D eigenvalue weighted by molar-refractivity contribution is 5.70. The van der Waals surface area contributed by atoms with E-state index in [1.54, 1.807) is 64.9 Å². The summed E-state index contributed by atoms with van der Waals surface area (Å²) in [6.07, 6.45) is -1.26. The van der Waals surface area contributed by atoms with E-state index in [9.17, 15) is 34.8 Å². The second kappa shape index (κ2) is 22.7. The van der Waals surface area contributed by atoms with Crippen LogP contribution in [0.1, 0.15) is 99.3 Å². The smallest absolute Gasteiger partial charge is 0.308 e. The molecule has 15 nitrogen and oxygen atoms in total. The van der Waals surface area contributed by atoms with E-state index in [1.807, 2.05) is 19.9 Å². The third-order valence-corrected chi connectivity index (χ3v) is 11.0. The van der Waals surface area contributed by atoms with Gasteiger partial charge in [0.2, 0.25) is 0 Å². The van der Waals surface area contributed by atoms with E-state index in [4.69, 9.17) is 33.2 Å². The Kier molecular flexibility index (Phi) is 19.5. The molecule has 0 bridgehead atoms. The molecule has 2 saturated heterocycles. The normalized spacial score (nSPS) is 41.8. The van der Waals surface area contributed by atoms with Crippen LogP contribution < -0.4 is 0 Å². The van der Waals surface area contributed by atoms with Gasteiger partial charge in [0.15, 0.2) is 18.7 Å². The Balaban J connectivity index is 1.88. The van der Waals surface area contributed by atoms with Gasteiger partial charge in [0, 0.05) is 32.8 Å². The molecule has 16 atom stereocenters. The summed E-state index contributed by atoms with van der Waals surface area (Å²) in [7, 11) is 4.87. The molecule has 3 heterocycles. The van der Waals surface area contributed by atoms with Gasteiger partial charge in [-0.1, -0.05) is 51.0 Å². The first kappa shape index (κ1) is 48.1. The third kappa shape index (κ3) is 13.6. The fourth-order valence-electron chi connectivity index (χ4n) is 7.97. The fourth-order valence-corrected chi connectivity index (χ4v) is 7.97. The number of esters is 2. The number of aldehydes is 1. The van der Waals surface area contributed by atoms with Gasteiger partial charge >= 0.3 is 11.9 Å². The van der Waals surface area contributed by atoms with Crippen LogP contribution in [0.5, 0.6) is 0 Å². The number of cyclic esters (lactones) is 1. The molecule has 0 saturated carbocycles. The summed E-state index contributed by atoms with van der Waals surface area (Å²) < 4.78 is 42.5. The Hall–Kier alpha value is -2.31. The van der Waals surface area contributed by atoms with E-state index in [2.05, 4.69) is 0 Å². The van der Waals surface area contributed by atoms with Crippen LogP contribution in [0.25, 0.3) is 0 Å². The van der Waals surface area contributed by atoms with Crippen LogP contribution in [-0.2, 0) is 47.5 Å². The van der Waals surface area contributed by atoms with Crippen LogP contribution in [-0.4, -0.2) is 150 Å². The van der Waals surface area contributed by atoms with Crippen molar-refractivity contribution >= 4 is 18.2 Å². The van der Waals surface area contributed by atoms with Crippen molar-refractivity contribution in [3.63, 3.8) is 0 Å². The molecule has 4 N–H and O–H groups in total. The lowest BCUT2D eigenvalue weighted by molar-refractivity contribution is -0.344. The van der Waals surface area contributed by atoms with Crippen molar-refractivity contribution in [3.05, 3.63) is 24.3 Å². The Morgan fingerprint density at radius 1 is 1.02 bits per heavy atom. The molecule has 56 heavy (non-hydrogen) atoms. The molecule has 3 aliphatic heterocycles. The largest absolute Gasteiger partial charge is 0.462 e. The number of aliphatic hydroxyl groups excluding tert-OH is 3. The molecular weight excluding hydrogens is 730 g/mol. The number of rotatable bonds is 13. The zero-order valence-electron chi connectivity index (χ0n) is 34.7. The van der Waals surface area contributed by atoms with Gasteiger partial charge in [-0.2, -0.15) is 0 Å². The van der Waals surface area contributed by atoms with Gasteiger partial charge in [-0.05, 0) is 66.5 Å². The predicted molar refractivity (Wildman–Crippen MR) is 205 cm³/mol. The summed E-state index contributed by atoms with van der Waals surface area (Å²) in [6, 6.07) is -0.751. The van der Waals surface area contributed by atoms with E-state index in [1.165, 1.54) is 7.11 Å². The van der Waals surface area contributed by atoms with Crippen LogP contribution in [0, 0.1) is 11.8 Å². The maximum Gasteiger partial charge on any atom is 0.308 e. The molecule has 0 amide bonds. The Bertz CT molecular complexity index is 1280. The van der Waals surface area contributed by atoms with Crippen LogP contribution >= 0.6 is 0 Å². The topological polar surface area (TPSA) is 200 Å². The number of carbonyl (C=O) groups excluding carboxylic acids is 3. The number of carbonyl (C=O) groups is 3. The third-order valence-electron chi connectivity index (χ3n) is 11.0. The average Bonchev–Trinajstić information content (AvgIpc) is 3.10. The van der Waals surface area contributed by atoms with Crippen molar-refractivity contribution in [2.45, 2.75) is 185 Å². The van der Waals surface area contributed by atoms with Crippen molar-refractivity contribution in [2.24, 2.45) is 11.8 Å². The highest BCUT2D eigenvalue weighted by atomic mass is 16.7. The van der Waals surface area contributed by atoms with E-state index >= 15 is 0 Å². The van der Waals surface area contributed by atoms with Crippen LogP contribution in [0.2, 0.25) is 0 Å². The minimum Gasteiger partial charge on any atom is -0.462 e. The summed E-state index contributed by atoms with van der Waals surface area (Å²) in [5.74, 6) is -2.08. The Labute approximate surface area is 332 Å². The molecule has 0 aromatic carbocycles. The molecule has 2 fully saturated rings. The van der Waals surface area contributed by atoms with Crippen LogP contribution in [0.3, 0.4) is 0 Å². The number of aliphatic hydroxyl groups is 4. The number of nitrogens with zero attached hydrogens (tertiary/aromatic N) is 1. The molecule has 322 valence electrons. The van der Waals surface area contributed by atoms with Gasteiger partial charge in [-0.3, -0.25) is 9.59 Å². The summed E-state index contributed by atoms with van der Waals surface area (Å²) in [4.78, 5) is 39.3. The molecule has 3 rings (SSSR count). The lowest BCUT2D eigenvalue weighted by atomic mass is 9.82. The van der Waals surface area contributed by atoms with Gasteiger partial charge in [0.1, 0.15) is 36.3 Å². The predicted octanol–water partition coefficient (Wildman–Crippen LogP) is 2.98. The van der Waals surface area contributed by atoms with E-state index in [0.717, 1.165) is 19.1 Å². The van der Waals surface area contributed by atoms with Crippen LogP contribution in [0.15, 0.2) is 24.3 Å². The molecule has 0 aromatic heterocycles. The summed E-state index contributed by atoms with van der Waals surface area (Å²) in [6.45, 7) is 10.6. The monoisotopic (exact) mass is 799 g/mol. The number of hydrogen-bond donors (Lipinski definition) is 4. The summed E-state index contributed by atoms with van der Waals surface area (Å²) in [5, 5.41) is 45.8. The van der Waals surface area contributed by atoms with Gasteiger partial charge in [0.05, 0.1) is 43.0 Å². The molecule has 0 aliphatic carbocycles. The van der Waals surface area contributed by atoms with Crippen molar-refractivity contribution in [3.8, 4) is 0 Å². The second-order valence-electron chi connectivity index (χ2n) is 16.2. The lowest BCUT2D eigenvalue weighted by Crippen LogP contribution is -2.66. The number of hydrogen-bond acceptors (Lipinski definition) is 15. The fraction of sp³-hybridized carbons (Fsp3) is 0.829. The second-order valence-corrected chi connectivity index (χ2v) is 16.2. The van der Waals surface area contributed by atoms with Crippen molar-refractivity contribution in [1.82, 2.24) is 4.90 Å². The van der Waals surface area contributed by atoms with Crippen molar-refractivity contribution in [2.75, 3.05) is 21.2 Å². The molecule has 0 aromatic rings. The Morgan fingerprint density at radius 2 is 1.73 bits per heavy atom. The SMILES string of the molecule is CCCCCC(=O)O[C@H]1[C@H](C)O[C@@H](O[C@H]2[C@H](N(C)C)[C@@H](O)C(O[C@H]3[C@@H](CC=O)C[C@@H](C)[C@@H](O)/C=C/C=C/C[C@@H](C)OC(=O)C[C@H](O)[C@@H]3OC)O[C@@H]2C)C[C@@]1(C)O. The first-order valence-corrected chi connectivity index (χ1v) is 20.2. The highest BCUT2D eigenvalue weighted by Gasteiger charge is 2.52. The molecular formula is C41H69NO14. The van der Waals surface area contributed by atoms with E-state index in [-0.39, 0.29) is 31.6 Å².